The summed E-state index contributed by atoms with van der Waals surface area (Å²) >= 11 is 0. The number of aromatic nitrogens is 3. The number of methoxy groups -OCH3 is 2. The van der Waals surface area contributed by atoms with Gasteiger partial charge in [-0.2, -0.15) is 10.2 Å². The third-order valence-corrected chi connectivity index (χ3v) is 9.00. The second kappa shape index (κ2) is 13.2. The van der Waals surface area contributed by atoms with Crippen molar-refractivity contribution in [3.8, 4) is 39.7 Å². The molecule has 3 heterocycles. The number of hydrazone groups is 1. The molecule has 0 aliphatic carbocycles. The number of hydrogen-bond donors (Lipinski definition) is 0. The molecule has 0 saturated heterocycles. The van der Waals surface area contributed by atoms with Crippen molar-refractivity contribution in [1.29, 1.82) is 0 Å². The standard InChI is InChI=1S/C42H33N5O3/c1-49-40-23-22-30(24-41(40)50-2)37-27-39(38-26-36(29-16-8-4-9-17-29)44-46(38)31-18-10-5-11-19-31)47(45-37)42(48)33-25-35(28-14-6-3-7-15-28)43-34-21-13-12-20-32(33)34/h3-26,39H,27H2,1-2H3. The van der Waals surface area contributed by atoms with Crippen LogP contribution in [0.15, 0.2) is 151 Å². The zero-order chi connectivity index (χ0) is 34.0. The van der Waals surface area contributed by atoms with Crippen LogP contribution < -0.4 is 9.47 Å². The predicted molar refractivity (Wildman–Crippen MR) is 196 cm³/mol. The second-order valence-electron chi connectivity index (χ2n) is 12.0. The van der Waals surface area contributed by atoms with Gasteiger partial charge in [0, 0.05) is 28.5 Å². The summed E-state index contributed by atoms with van der Waals surface area (Å²) in [5, 5.41) is 12.6. The van der Waals surface area contributed by atoms with Gasteiger partial charge < -0.3 is 9.47 Å². The zero-order valence-electron chi connectivity index (χ0n) is 27.6. The SMILES string of the molecule is COc1ccc(C2=NN(C(=O)c3cc(-c4ccccc4)nc4ccccc34)C(c3cc(-c4ccccc4)nn3-c3ccccc3)C2)cc1OC. The van der Waals surface area contributed by atoms with Crippen LogP contribution in [0.3, 0.4) is 0 Å². The van der Waals surface area contributed by atoms with Crippen molar-refractivity contribution in [2.45, 2.75) is 12.5 Å². The number of carbonyl (C=O) groups is 1. The lowest BCUT2D eigenvalue weighted by Crippen LogP contribution is -2.29. The molecule has 0 saturated carbocycles. The quantitative estimate of drug-likeness (QED) is 0.164. The number of hydrogen-bond acceptors (Lipinski definition) is 6. The lowest BCUT2D eigenvalue weighted by Gasteiger charge is -2.23. The number of ether oxygens (including phenoxy) is 2. The number of fused-ring (bicyclic) bond motifs is 1. The Kier molecular flexibility index (Phi) is 8.10. The Bertz CT molecular complexity index is 2350. The lowest BCUT2D eigenvalue weighted by molar-refractivity contribution is 0.0708. The monoisotopic (exact) mass is 655 g/mol. The molecule has 244 valence electrons. The van der Waals surface area contributed by atoms with Gasteiger partial charge in [-0.3, -0.25) is 4.79 Å². The van der Waals surface area contributed by atoms with E-state index in [1.165, 1.54) is 0 Å². The first-order chi connectivity index (χ1) is 24.6. The summed E-state index contributed by atoms with van der Waals surface area (Å²) in [6.45, 7) is 0. The fourth-order valence-corrected chi connectivity index (χ4v) is 6.51. The molecule has 0 spiro atoms. The van der Waals surface area contributed by atoms with E-state index in [1.807, 2.05) is 144 Å². The third-order valence-electron chi connectivity index (χ3n) is 9.00. The average Bonchev–Trinajstić information content (AvgIpc) is 3.84. The molecule has 0 N–H and O–H groups in total. The lowest BCUT2D eigenvalue weighted by atomic mass is 9.99. The van der Waals surface area contributed by atoms with E-state index in [0.717, 1.165) is 50.4 Å². The van der Waals surface area contributed by atoms with E-state index in [4.69, 9.17) is 24.7 Å². The first kappa shape index (κ1) is 30.8. The molecule has 8 rings (SSSR count). The molecule has 8 nitrogen and oxygen atoms in total. The summed E-state index contributed by atoms with van der Waals surface area (Å²) in [4.78, 5) is 20.0. The normalized spacial score (nSPS) is 14.1. The number of rotatable bonds is 8. The highest BCUT2D eigenvalue weighted by molar-refractivity contribution is 6.10. The van der Waals surface area contributed by atoms with Crippen LogP contribution in [-0.4, -0.2) is 45.6 Å². The van der Waals surface area contributed by atoms with Crippen molar-refractivity contribution >= 4 is 22.5 Å². The van der Waals surface area contributed by atoms with Crippen LogP contribution in [0, 0.1) is 0 Å². The van der Waals surface area contributed by atoms with Crippen LogP contribution in [0.2, 0.25) is 0 Å². The molecule has 0 bridgehead atoms. The highest BCUT2D eigenvalue weighted by Gasteiger charge is 2.37. The molecule has 0 radical (unpaired) electrons. The highest BCUT2D eigenvalue weighted by atomic mass is 16.5. The van der Waals surface area contributed by atoms with E-state index in [9.17, 15) is 0 Å². The number of pyridine rings is 1. The van der Waals surface area contributed by atoms with Gasteiger partial charge in [-0.05, 0) is 48.5 Å². The molecular weight excluding hydrogens is 622 g/mol. The molecule has 0 fully saturated rings. The number of benzene rings is 5. The minimum atomic E-state index is -0.483. The van der Waals surface area contributed by atoms with Crippen molar-refractivity contribution in [1.82, 2.24) is 19.8 Å². The molecule has 1 amide bonds. The molecule has 50 heavy (non-hydrogen) atoms. The van der Waals surface area contributed by atoms with Gasteiger partial charge in [0.2, 0.25) is 0 Å². The van der Waals surface area contributed by atoms with Crippen LogP contribution in [0.25, 0.3) is 39.1 Å². The molecule has 8 heteroatoms. The first-order valence-corrected chi connectivity index (χ1v) is 16.4. The van der Waals surface area contributed by atoms with Crippen molar-refractivity contribution in [2.75, 3.05) is 14.2 Å². The molecule has 1 atom stereocenters. The Labute approximate surface area is 289 Å². The number of nitrogens with zero attached hydrogens (tertiary/aromatic N) is 5. The van der Waals surface area contributed by atoms with Gasteiger partial charge in [-0.25, -0.2) is 14.7 Å². The Morgan fingerprint density at radius 3 is 2.00 bits per heavy atom. The van der Waals surface area contributed by atoms with Gasteiger partial charge in [0.05, 0.1) is 53.8 Å². The number of amides is 1. The van der Waals surface area contributed by atoms with Gasteiger partial charge in [-0.1, -0.05) is 97.1 Å². The minimum absolute atomic E-state index is 0.233. The smallest absolute Gasteiger partial charge is 0.275 e. The van der Waals surface area contributed by atoms with Gasteiger partial charge in [0.25, 0.3) is 5.91 Å². The number of para-hydroxylation sites is 2. The largest absolute Gasteiger partial charge is 0.493 e. The topological polar surface area (TPSA) is 81.8 Å². The average molecular weight is 656 g/mol. The summed E-state index contributed by atoms with van der Waals surface area (Å²) in [5.74, 6) is 0.969. The molecular formula is C42H33N5O3. The Morgan fingerprint density at radius 1 is 0.660 bits per heavy atom. The summed E-state index contributed by atoms with van der Waals surface area (Å²) in [6.07, 6.45) is 0.447. The Balaban J connectivity index is 1.31. The van der Waals surface area contributed by atoms with Gasteiger partial charge >= 0.3 is 0 Å². The maximum absolute atomic E-state index is 15.1. The van der Waals surface area contributed by atoms with E-state index in [0.29, 0.717) is 29.2 Å². The van der Waals surface area contributed by atoms with E-state index < -0.39 is 6.04 Å². The fourth-order valence-electron chi connectivity index (χ4n) is 6.51. The van der Waals surface area contributed by atoms with Crippen molar-refractivity contribution in [3.05, 3.63) is 162 Å². The Morgan fingerprint density at radius 2 is 1.30 bits per heavy atom. The van der Waals surface area contributed by atoms with Crippen LogP contribution in [0.5, 0.6) is 11.5 Å². The minimum Gasteiger partial charge on any atom is -0.493 e. The van der Waals surface area contributed by atoms with E-state index in [2.05, 4.69) is 6.07 Å². The van der Waals surface area contributed by atoms with Gasteiger partial charge in [0.1, 0.15) is 6.04 Å². The molecule has 5 aromatic carbocycles. The highest BCUT2D eigenvalue weighted by Crippen LogP contribution is 2.39. The van der Waals surface area contributed by atoms with Crippen LogP contribution in [-0.2, 0) is 0 Å². The van der Waals surface area contributed by atoms with E-state index in [-0.39, 0.29) is 5.91 Å². The van der Waals surface area contributed by atoms with Gasteiger partial charge in [0.15, 0.2) is 11.5 Å². The maximum atomic E-state index is 15.1. The number of carbonyl (C=O) groups excluding carboxylic acids is 1. The molecule has 1 aliphatic rings. The molecule has 7 aromatic rings. The summed E-state index contributed by atoms with van der Waals surface area (Å²) in [5.41, 5.74) is 7.98. The third kappa shape index (κ3) is 5.66. The molecule has 2 aromatic heterocycles. The van der Waals surface area contributed by atoms with E-state index >= 15 is 4.79 Å². The summed E-state index contributed by atoms with van der Waals surface area (Å²) in [7, 11) is 3.22. The predicted octanol–water partition coefficient (Wildman–Crippen LogP) is 8.76. The summed E-state index contributed by atoms with van der Waals surface area (Å²) < 4.78 is 13.1. The fraction of sp³-hybridized carbons (Fsp3) is 0.0952. The Hall–Kier alpha value is -6.54. The van der Waals surface area contributed by atoms with Crippen LogP contribution in [0.4, 0.5) is 0 Å². The molecule has 1 aliphatic heterocycles. The van der Waals surface area contributed by atoms with Crippen LogP contribution in [0.1, 0.15) is 34.1 Å². The maximum Gasteiger partial charge on any atom is 0.275 e. The summed E-state index contributed by atoms with van der Waals surface area (Å²) in [6, 6.07) is 46.9. The zero-order valence-corrected chi connectivity index (χ0v) is 27.6. The van der Waals surface area contributed by atoms with Crippen molar-refractivity contribution in [3.63, 3.8) is 0 Å². The van der Waals surface area contributed by atoms with E-state index in [1.54, 1.807) is 19.2 Å². The van der Waals surface area contributed by atoms with Gasteiger partial charge in [-0.15, -0.1) is 0 Å². The van der Waals surface area contributed by atoms with Crippen molar-refractivity contribution in [2.24, 2.45) is 5.10 Å². The van der Waals surface area contributed by atoms with Crippen LogP contribution >= 0.6 is 0 Å². The first-order valence-electron chi connectivity index (χ1n) is 16.4. The molecule has 1 unspecified atom stereocenters. The van der Waals surface area contributed by atoms with Crippen molar-refractivity contribution < 1.29 is 14.3 Å². The second-order valence-corrected chi connectivity index (χ2v) is 12.0.